The van der Waals surface area contributed by atoms with Crippen molar-refractivity contribution in [2.24, 2.45) is 5.92 Å². The molecule has 4 rings (SSSR count). The Morgan fingerprint density at radius 3 is 2.47 bits per heavy atom. The summed E-state index contributed by atoms with van der Waals surface area (Å²) in [5.41, 5.74) is 1.19. The van der Waals surface area contributed by atoms with Crippen LogP contribution < -0.4 is 9.46 Å². The third-order valence-electron chi connectivity index (χ3n) is 5.86. The average molecular weight is 454 g/mol. The lowest BCUT2D eigenvalue weighted by atomic mass is 10.1. The summed E-state index contributed by atoms with van der Waals surface area (Å²) >= 11 is 0. The Kier molecular flexibility index (Phi) is 6.89. The number of ether oxygens (including phenoxy) is 1. The number of nitrogens with one attached hydrogen (secondary N) is 1. The zero-order valence-corrected chi connectivity index (χ0v) is 18.7. The molecule has 0 spiro atoms. The zero-order valence-electron chi connectivity index (χ0n) is 17.9. The number of carbonyl (C=O) groups excluding carboxylic acids is 1. The maximum absolute atomic E-state index is 12.6. The highest BCUT2D eigenvalue weighted by Gasteiger charge is 2.30. The molecule has 0 bridgehead atoms. The molecule has 1 N–H and O–H groups in total. The highest BCUT2D eigenvalue weighted by Crippen LogP contribution is 2.32. The first-order valence-corrected chi connectivity index (χ1v) is 12.4. The molecule has 32 heavy (non-hydrogen) atoms. The summed E-state index contributed by atoms with van der Waals surface area (Å²) in [6.45, 7) is 2.88. The topological polar surface area (TPSA) is 99.5 Å². The lowest BCUT2D eigenvalue weighted by Crippen LogP contribution is -2.37. The Balaban J connectivity index is 1.17. The fraction of sp³-hybridized carbons (Fsp3) is 0.417. The van der Waals surface area contributed by atoms with E-state index >= 15 is 0 Å². The van der Waals surface area contributed by atoms with Crippen molar-refractivity contribution >= 4 is 15.8 Å². The van der Waals surface area contributed by atoms with Gasteiger partial charge in [0.1, 0.15) is 5.75 Å². The Morgan fingerprint density at radius 1 is 1.09 bits per heavy atom. The molecule has 0 unspecified atom stereocenters. The van der Waals surface area contributed by atoms with Gasteiger partial charge in [0.05, 0.1) is 23.1 Å². The van der Waals surface area contributed by atoms with Gasteiger partial charge in [0.15, 0.2) is 5.78 Å². The van der Waals surface area contributed by atoms with Gasteiger partial charge >= 0.3 is 0 Å². The molecule has 1 aliphatic carbocycles. The number of nitrogens with zero attached hydrogens (tertiary/aromatic N) is 2. The summed E-state index contributed by atoms with van der Waals surface area (Å²) in [6.07, 6.45) is 3.60. The molecule has 1 atom stereocenters. The van der Waals surface area contributed by atoms with Crippen molar-refractivity contribution in [3.8, 4) is 11.8 Å². The van der Waals surface area contributed by atoms with Gasteiger partial charge in [0.25, 0.3) is 0 Å². The number of hydrogen-bond donors (Lipinski definition) is 1. The quantitative estimate of drug-likeness (QED) is 0.439. The molecule has 1 saturated carbocycles. The van der Waals surface area contributed by atoms with Crippen LogP contribution in [0, 0.1) is 17.2 Å². The van der Waals surface area contributed by atoms with Gasteiger partial charge in [-0.25, -0.2) is 13.1 Å². The van der Waals surface area contributed by atoms with Crippen LogP contribution in [0.25, 0.3) is 0 Å². The molecule has 2 aromatic rings. The molecule has 2 fully saturated rings. The first-order chi connectivity index (χ1) is 15.4. The highest BCUT2D eigenvalue weighted by atomic mass is 32.2. The second-order valence-electron chi connectivity index (χ2n) is 8.41. The summed E-state index contributed by atoms with van der Waals surface area (Å²) in [4.78, 5) is 14.4. The predicted molar refractivity (Wildman–Crippen MR) is 120 cm³/mol. The molecule has 1 heterocycles. The minimum Gasteiger partial charge on any atom is -0.494 e. The molecular formula is C24H27N3O4S. The molecular weight excluding hydrogens is 426 g/mol. The largest absolute Gasteiger partial charge is 0.494 e. The van der Waals surface area contributed by atoms with Crippen LogP contribution in [0.2, 0.25) is 0 Å². The second kappa shape index (κ2) is 9.82. The van der Waals surface area contributed by atoms with Crippen LogP contribution in [-0.2, 0) is 10.0 Å². The van der Waals surface area contributed by atoms with Crippen molar-refractivity contribution in [1.29, 1.82) is 5.26 Å². The molecule has 2 aliphatic rings. The molecule has 1 aliphatic heterocycles. The molecule has 8 heteroatoms. The van der Waals surface area contributed by atoms with Gasteiger partial charge in [-0.2, -0.15) is 5.26 Å². The van der Waals surface area contributed by atoms with E-state index in [1.807, 2.05) is 30.3 Å². The smallest absolute Gasteiger partial charge is 0.240 e. The minimum absolute atomic E-state index is 0.131. The van der Waals surface area contributed by atoms with Crippen LogP contribution in [0.3, 0.4) is 0 Å². The first kappa shape index (κ1) is 22.5. The van der Waals surface area contributed by atoms with Gasteiger partial charge in [-0.3, -0.25) is 4.79 Å². The number of ketones is 1. The Morgan fingerprint density at radius 2 is 1.81 bits per heavy atom. The third kappa shape index (κ3) is 5.74. The zero-order chi connectivity index (χ0) is 22.6. The van der Waals surface area contributed by atoms with Crippen LogP contribution in [0.5, 0.6) is 5.75 Å². The SMILES string of the molecule is N#Cc1ccc(S(=O)(=O)N[C@H]2CCN(CCCOc3ccc(C(=O)C4CC4)cc3)C2)cc1. The molecule has 0 radical (unpaired) electrons. The second-order valence-corrected chi connectivity index (χ2v) is 10.1. The number of Topliss-reactive ketones (excluding diaryl/α,β-unsaturated/α-hetero) is 1. The predicted octanol–water partition coefficient (Wildman–Crippen LogP) is 2.97. The lowest BCUT2D eigenvalue weighted by molar-refractivity contribution is 0.0967. The number of likely N-dealkylation sites (tertiary alicyclic amines) is 1. The van der Waals surface area contributed by atoms with Gasteiger partial charge in [0.2, 0.25) is 10.0 Å². The number of sulfonamides is 1. The van der Waals surface area contributed by atoms with Crippen LogP contribution in [0.4, 0.5) is 0 Å². The standard InChI is InChI=1S/C24H27N3O4S/c25-16-18-2-10-23(11-3-18)32(29,30)26-21-12-14-27(17-21)13-1-15-31-22-8-6-20(7-9-22)24(28)19-4-5-19/h2-3,6-11,19,21,26H,1,4-5,12-15,17H2/t21-/m0/s1. The number of hydrogen-bond acceptors (Lipinski definition) is 6. The van der Waals surface area contributed by atoms with Crippen molar-refractivity contribution in [1.82, 2.24) is 9.62 Å². The van der Waals surface area contributed by atoms with Crippen molar-refractivity contribution in [3.63, 3.8) is 0 Å². The molecule has 2 aromatic carbocycles. The summed E-state index contributed by atoms with van der Waals surface area (Å²) in [7, 11) is -3.60. The van der Waals surface area contributed by atoms with Gasteiger partial charge in [-0.1, -0.05) is 0 Å². The van der Waals surface area contributed by atoms with E-state index in [0.29, 0.717) is 18.7 Å². The van der Waals surface area contributed by atoms with Crippen LogP contribution in [0.15, 0.2) is 53.4 Å². The van der Waals surface area contributed by atoms with E-state index in [0.717, 1.165) is 50.1 Å². The number of nitriles is 1. The van der Waals surface area contributed by atoms with Crippen LogP contribution in [-0.4, -0.2) is 51.4 Å². The van der Waals surface area contributed by atoms with Gasteiger partial charge < -0.3 is 9.64 Å². The number of benzene rings is 2. The Bertz CT molecular complexity index is 1090. The first-order valence-electron chi connectivity index (χ1n) is 11.0. The van der Waals surface area contributed by atoms with Crippen LogP contribution >= 0.6 is 0 Å². The molecule has 0 aromatic heterocycles. The maximum atomic E-state index is 12.6. The fourth-order valence-corrected chi connectivity index (χ4v) is 5.16. The lowest BCUT2D eigenvalue weighted by Gasteiger charge is -2.17. The van der Waals surface area contributed by atoms with E-state index < -0.39 is 10.0 Å². The Labute approximate surface area is 189 Å². The third-order valence-corrected chi connectivity index (χ3v) is 7.40. The van der Waals surface area contributed by atoms with E-state index in [1.165, 1.54) is 24.3 Å². The van der Waals surface area contributed by atoms with Gasteiger partial charge in [-0.15, -0.1) is 0 Å². The monoisotopic (exact) mass is 453 g/mol. The van der Waals surface area contributed by atoms with E-state index in [4.69, 9.17) is 10.00 Å². The minimum atomic E-state index is -3.60. The summed E-state index contributed by atoms with van der Waals surface area (Å²) < 4.78 is 33.7. The van der Waals surface area contributed by atoms with Gasteiger partial charge in [-0.05, 0) is 80.8 Å². The van der Waals surface area contributed by atoms with E-state index in [9.17, 15) is 13.2 Å². The maximum Gasteiger partial charge on any atom is 0.240 e. The Hall–Kier alpha value is -2.73. The summed E-state index contributed by atoms with van der Waals surface area (Å²) in [5.74, 6) is 1.21. The van der Waals surface area contributed by atoms with Crippen molar-refractivity contribution in [3.05, 3.63) is 59.7 Å². The van der Waals surface area contributed by atoms with E-state index in [-0.39, 0.29) is 22.6 Å². The van der Waals surface area contributed by atoms with E-state index in [2.05, 4.69) is 9.62 Å². The number of rotatable bonds is 10. The van der Waals surface area contributed by atoms with Crippen molar-refractivity contribution in [2.45, 2.75) is 36.6 Å². The highest BCUT2D eigenvalue weighted by molar-refractivity contribution is 7.89. The average Bonchev–Trinajstić information content (AvgIpc) is 3.57. The number of carbonyl (C=O) groups is 1. The summed E-state index contributed by atoms with van der Waals surface area (Å²) in [5, 5.41) is 8.85. The normalized spacial score (nSPS) is 18.9. The molecule has 7 nitrogen and oxygen atoms in total. The summed E-state index contributed by atoms with van der Waals surface area (Å²) in [6, 6.07) is 15.1. The van der Waals surface area contributed by atoms with Crippen molar-refractivity contribution in [2.75, 3.05) is 26.2 Å². The fourth-order valence-electron chi connectivity index (χ4n) is 3.90. The molecule has 168 valence electrons. The van der Waals surface area contributed by atoms with Gasteiger partial charge in [0, 0.05) is 30.6 Å². The van der Waals surface area contributed by atoms with Crippen LogP contribution in [0.1, 0.15) is 41.6 Å². The van der Waals surface area contributed by atoms with E-state index in [1.54, 1.807) is 0 Å². The molecule has 1 saturated heterocycles. The molecule has 0 amide bonds. The van der Waals surface area contributed by atoms with Crippen molar-refractivity contribution < 1.29 is 17.9 Å².